The molecule has 0 unspecified atom stereocenters. The van der Waals surface area contributed by atoms with E-state index >= 15 is 0 Å². The van der Waals surface area contributed by atoms with E-state index in [0.717, 1.165) is 46.7 Å². The highest BCUT2D eigenvalue weighted by molar-refractivity contribution is 7.10. The second-order valence-electron chi connectivity index (χ2n) is 8.32. The first-order valence-electron chi connectivity index (χ1n) is 11.0. The smallest absolute Gasteiger partial charge is 0.309 e. The molecule has 1 aliphatic heterocycles. The topological polar surface area (TPSA) is 75.6 Å². The van der Waals surface area contributed by atoms with Crippen LogP contribution < -0.4 is 4.74 Å². The Labute approximate surface area is 202 Å². The molecule has 0 radical (unpaired) electrons. The Morgan fingerprint density at radius 3 is 2.85 bits per heavy atom. The highest BCUT2D eigenvalue weighted by atomic mass is 35.5. The number of aliphatic carboxylic acids is 1. The number of likely N-dealkylation sites (tertiary alicyclic amines) is 1. The molecule has 33 heavy (non-hydrogen) atoms. The normalized spacial score (nSPS) is 15.7. The molecule has 1 N–H and O–H groups in total. The number of pyridine rings is 1. The van der Waals surface area contributed by atoms with Gasteiger partial charge in [-0.3, -0.25) is 14.7 Å². The van der Waals surface area contributed by atoms with Crippen molar-refractivity contribution in [2.24, 2.45) is 5.41 Å². The van der Waals surface area contributed by atoms with Crippen molar-refractivity contribution in [3.8, 4) is 17.6 Å². The van der Waals surface area contributed by atoms with Crippen LogP contribution in [0.2, 0.25) is 5.02 Å². The van der Waals surface area contributed by atoms with Gasteiger partial charge in [-0.05, 0) is 61.8 Å². The Morgan fingerprint density at radius 1 is 1.33 bits per heavy atom. The zero-order valence-electron chi connectivity index (χ0n) is 18.5. The van der Waals surface area contributed by atoms with Crippen molar-refractivity contribution >= 4 is 39.8 Å². The maximum Gasteiger partial charge on any atom is 0.309 e. The van der Waals surface area contributed by atoms with Crippen LogP contribution in [0, 0.1) is 17.3 Å². The third-order valence-electron chi connectivity index (χ3n) is 6.41. The fourth-order valence-electron chi connectivity index (χ4n) is 4.41. The number of hydrogen-bond donors (Lipinski definition) is 1. The number of hydrogen-bond acceptors (Lipinski definition) is 6. The Balaban J connectivity index is 1.39. The zero-order valence-corrected chi connectivity index (χ0v) is 20.1. The number of halogens is 1. The Kier molecular flexibility index (Phi) is 7.49. The van der Waals surface area contributed by atoms with Crippen molar-refractivity contribution in [2.75, 3.05) is 26.7 Å². The number of nitrogens with zero attached hydrogens (tertiary/aromatic N) is 3. The summed E-state index contributed by atoms with van der Waals surface area (Å²) in [7, 11) is 1.63. The fraction of sp³-hybridized carbons (Fsp3) is 0.400. The van der Waals surface area contributed by atoms with E-state index in [-0.39, 0.29) is 0 Å². The number of rotatable bonds is 7. The quantitative estimate of drug-likeness (QED) is 0.482. The predicted molar refractivity (Wildman–Crippen MR) is 131 cm³/mol. The van der Waals surface area contributed by atoms with Gasteiger partial charge in [0.1, 0.15) is 5.75 Å². The van der Waals surface area contributed by atoms with Gasteiger partial charge in [0.05, 0.1) is 29.6 Å². The second kappa shape index (κ2) is 10.5. The SMILES string of the molecule is COc1ccc2ncc(Cl)c(CCCC3(C(=O)O)CCN(CC#Cc4nccs4)CC3)c2c1. The minimum absolute atomic E-state index is 0.605. The van der Waals surface area contributed by atoms with Gasteiger partial charge in [0.2, 0.25) is 0 Å². The number of aryl methyl sites for hydroxylation is 1. The molecule has 0 aliphatic carbocycles. The van der Waals surface area contributed by atoms with Crippen LogP contribution in [-0.4, -0.2) is 52.7 Å². The molecule has 0 amide bonds. The molecule has 1 saturated heterocycles. The molecule has 0 atom stereocenters. The van der Waals surface area contributed by atoms with Crippen molar-refractivity contribution in [1.29, 1.82) is 0 Å². The van der Waals surface area contributed by atoms with Crippen LogP contribution in [0.15, 0.2) is 36.0 Å². The van der Waals surface area contributed by atoms with Crippen LogP contribution in [0.25, 0.3) is 10.9 Å². The molecule has 4 rings (SSSR count). The molecule has 0 spiro atoms. The third kappa shape index (κ3) is 5.47. The lowest BCUT2D eigenvalue weighted by molar-refractivity contribution is -0.152. The summed E-state index contributed by atoms with van der Waals surface area (Å²) in [6, 6.07) is 5.74. The molecule has 0 bridgehead atoms. The number of carboxylic acid groups (broad SMARTS) is 1. The molecular weight excluding hydrogens is 458 g/mol. The second-order valence-corrected chi connectivity index (χ2v) is 9.62. The van der Waals surface area contributed by atoms with Crippen molar-refractivity contribution in [3.63, 3.8) is 0 Å². The summed E-state index contributed by atoms with van der Waals surface area (Å²) in [6.45, 7) is 2.10. The highest BCUT2D eigenvalue weighted by Crippen LogP contribution is 2.38. The Hall–Kier alpha value is -2.66. The molecule has 1 aliphatic rings. The van der Waals surface area contributed by atoms with E-state index in [1.54, 1.807) is 19.5 Å². The van der Waals surface area contributed by atoms with Gasteiger partial charge in [-0.1, -0.05) is 17.5 Å². The van der Waals surface area contributed by atoms with Crippen molar-refractivity contribution in [1.82, 2.24) is 14.9 Å². The molecule has 3 aromatic rings. The summed E-state index contributed by atoms with van der Waals surface area (Å²) >= 11 is 8.00. The summed E-state index contributed by atoms with van der Waals surface area (Å²) in [4.78, 5) is 23.0. The first kappa shape index (κ1) is 23.5. The monoisotopic (exact) mass is 483 g/mol. The number of benzene rings is 1. The molecule has 1 aromatic carbocycles. The number of piperidine rings is 1. The first-order chi connectivity index (χ1) is 16.0. The van der Waals surface area contributed by atoms with Gasteiger partial charge in [-0.15, -0.1) is 11.3 Å². The van der Waals surface area contributed by atoms with E-state index in [1.807, 2.05) is 23.6 Å². The van der Waals surface area contributed by atoms with Crippen LogP contribution in [-0.2, 0) is 11.2 Å². The highest BCUT2D eigenvalue weighted by Gasteiger charge is 2.40. The molecule has 6 nitrogen and oxygen atoms in total. The van der Waals surface area contributed by atoms with E-state index in [2.05, 4.69) is 26.7 Å². The average Bonchev–Trinajstić information content (AvgIpc) is 3.34. The van der Waals surface area contributed by atoms with E-state index in [1.165, 1.54) is 11.3 Å². The van der Waals surface area contributed by atoms with Gasteiger partial charge < -0.3 is 9.84 Å². The summed E-state index contributed by atoms with van der Waals surface area (Å²) in [6.07, 6.45) is 6.72. The number of carboxylic acids is 1. The first-order valence-corrected chi connectivity index (χ1v) is 12.2. The molecule has 1 fully saturated rings. The van der Waals surface area contributed by atoms with E-state index in [0.29, 0.717) is 37.3 Å². The Morgan fingerprint density at radius 2 is 2.15 bits per heavy atom. The summed E-state index contributed by atoms with van der Waals surface area (Å²) in [5.41, 5.74) is 1.15. The van der Waals surface area contributed by atoms with Crippen LogP contribution >= 0.6 is 22.9 Å². The predicted octanol–water partition coefficient (Wildman–Crippen LogP) is 4.89. The number of thiazole rings is 1. The lowest BCUT2D eigenvalue weighted by Gasteiger charge is -2.38. The third-order valence-corrected chi connectivity index (χ3v) is 7.43. The molecule has 3 heterocycles. The minimum atomic E-state index is -0.705. The van der Waals surface area contributed by atoms with Gasteiger partial charge in [0.25, 0.3) is 0 Å². The van der Waals surface area contributed by atoms with E-state index in [4.69, 9.17) is 16.3 Å². The Bertz CT molecular complexity index is 1180. The van der Waals surface area contributed by atoms with E-state index in [9.17, 15) is 9.90 Å². The molecule has 8 heteroatoms. The standard InChI is InChI=1S/C25H26ClN3O3S/c1-32-18-6-7-22-20(16-18)19(21(26)17-28-22)4-2-8-25(24(30)31)9-13-29(14-10-25)12-3-5-23-27-11-15-33-23/h6-7,11,15-17H,2,4,8-10,12-14H2,1H3,(H,30,31). The van der Waals surface area contributed by atoms with Crippen LogP contribution in [0.3, 0.4) is 0 Å². The maximum atomic E-state index is 12.3. The zero-order chi connectivity index (χ0) is 23.3. The lowest BCUT2D eigenvalue weighted by atomic mass is 9.74. The summed E-state index contributed by atoms with van der Waals surface area (Å²) < 4.78 is 5.36. The van der Waals surface area contributed by atoms with Crippen LogP contribution in [0.5, 0.6) is 5.75 Å². The molecular formula is C25H26ClN3O3S. The van der Waals surface area contributed by atoms with E-state index < -0.39 is 11.4 Å². The maximum absolute atomic E-state index is 12.3. The van der Waals surface area contributed by atoms with Crippen molar-refractivity contribution < 1.29 is 14.6 Å². The number of ether oxygens (including phenoxy) is 1. The van der Waals surface area contributed by atoms with Gasteiger partial charge in [-0.2, -0.15) is 0 Å². The number of carbonyl (C=O) groups is 1. The fourth-order valence-corrected chi connectivity index (χ4v) is 5.16. The van der Waals surface area contributed by atoms with Gasteiger partial charge >= 0.3 is 5.97 Å². The van der Waals surface area contributed by atoms with Gasteiger partial charge in [0.15, 0.2) is 5.01 Å². The lowest BCUT2D eigenvalue weighted by Crippen LogP contribution is -2.44. The number of methoxy groups -OCH3 is 1. The molecule has 2 aromatic heterocycles. The minimum Gasteiger partial charge on any atom is -0.497 e. The summed E-state index contributed by atoms with van der Waals surface area (Å²) in [5.74, 6) is 6.27. The van der Waals surface area contributed by atoms with Gasteiger partial charge in [0, 0.05) is 36.2 Å². The van der Waals surface area contributed by atoms with Gasteiger partial charge in [-0.25, -0.2) is 4.98 Å². The largest absolute Gasteiger partial charge is 0.497 e. The van der Waals surface area contributed by atoms with Crippen LogP contribution in [0.4, 0.5) is 0 Å². The average molecular weight is 484 g/mol. The van der Waals surface area contributed by atoms with Crippen molar-refractivity contribution in [3.05, 3.63) is 51.6 Å². The van der Waals surface area contributed by atoms with Crippen molar-refractivity contribution in [2.45, 2.75) is 32.1 Å². The number of aromatic nitrogens is 2. The van der Waals surface area contributed by atoms with Crippen LogP contribution in [0.1, 0.15) is 36.3 Å². The summed E-state index contributed by atoms with van der Waals surface area (Å²) in [5, 5.41) is 14.3. The molecule has 0 saturated carbocycles. The molecule has 172 valence electrons. The number of fused-ring (bicyclic) bond motifs is 1.